The zero-order valence-electron chi connectivity index (χ0n) is 9.33. The molecule has 1 aliphatic rings. The number of aliphatic hydroxyl groups is 3. The van der Waals surface area contributed by atoms with Crippen molar-refractivity contribution in [3.05, 3.63) is 0 Å². The second kappa shape index (κ2) is 5.23. The van der Waals surface area contributed by atoms with E-state index in [1.807, 2.05) is 13.8 Å². The summed E-state index contributed by atoms with van der Waals surface area (Å²) in [6.45, 7) is 3.99. The minimum Gasteiger partial charge on any atom is -0.388 e. The van der Waals surface area contributed by atoms with Crippen LogP contribution in [0.2, 0.25) is 0 Å². The first-order valence-electron chi connectivity index (χ1n) is 5.19. The van der Waals surface area contributed by atoms with E-state index < -0.39 is 30.7 Å². The molecule has 1 heterocycles. The Bertz CT molecular complexity index is 194. The molecule has 1 aliphatic heterocycles. The normalized spacial score (nSPS) is 42.2. The number of ether oxygens (including phenoxy) is 2. The maximum absolute atomic E-state index is 9.68. The number of aliphatic hydroxyl groups excluding tert-OH is 3. The van der Waals surface area contributed by atoms with Gasteiger partial charge in [-0.15, -0.1) is 0 Å². The van der Waals surface area contributed by atoms with Crippen molar-refractivity contribution in [1.29, 1.82) is 0 Å². The van der Waals surface area contributed by atoms with E-state index in [1.54, 1.807) is 0 Å². The third kappa shape index (κ3) is 2.89. The molecule has 0 radical (unpaired) electrons. The smallest absolute Gasteiger partial charge is 0.186 e. The van der Waals surface area contributed by atoms with Crippen molar-refractivity contribution in [2.75, 3.05) is 7.11 Å². The first-order valence-corrected chi connectivity index (χ1v) is 5.19. The van der Waals surface area contributed by atoms with E-state index in [0.29, 0.717) is 12.3 Å². The molecular formula is C10H20O5. The largest absolute Gasteiger partial charge is 0.388 e. The fourth-order valence-corrected chi connectivity index (χ4v) is 1.77. The van der Waals surface area contributed by atoms with Crippen LogP contribution in [0.15, 0.2) is 0 Å². The molecule has 0 bridgehead atoms. The summed E-state index contributed by atoms with van der Waals surface area (Å²) >= 11 is 0. The quantitative estimate of drug-likeness (QED) is 0.597. The first-order chi connectivity index (χ1) is 6.97. The first kappa shape index (κ1) is 12.9. The van der Waals surface area contributed by atoms with E-state index in [0.717, 1.165) is 0 Å². The Hall–Kier alpha value is -0.200. The molecule has 0 amide bonds. The summed E-state index contributed by atoms with van der Waals surface area (Å²) in [5, 5.41) is 28.8. The van der Waals surface area contributed by atoms with Gasteiger partial charge in [-0.25, -0.2) is 0 Å². The van der Waals surface area contributed by atoms with Gasteiger partial charge in [-0.1, -0.05) is 13.8 Å². The fourth-order valence-electron chi connectivity index (χ4n) is 1.77. The summed E-state index contributed by atoms with van der Waals surface area (Å²) in [5.41, 5.74) is 0. The van der Waals surface area contributed by atoms with E-state index >= 15 is 0 Å². The molecule has 2 unspecified atom stereocenters. The van der Waals surface area contributed by atoms with Crippen molar-refractivity contribution in [3.63, 3.8) is 0 Å². The van der Waals surface area contributed by atoms with Crippen LogP contribution in [0.5, 0.6) is 0 Å². The molecule has 5 nitrogen and oxygen atoms in total. The molecule has 0 aromatic heterocycles. The van der Waals surface area contributed by atoms with Gasteiger partial charge < -0.3 is 24.8 Å². The minimum absolute atomic E-state index is 0.338. The molecule has 0 saturated carbocycles. The van der Waals surface area contributed by atoms with Crippen LogP contribution in [0.1, 0.15) is 20.3 Å². The molecule has 0 spiro atoms. The highest BCUT2D eigenvalue weighted by atomic mass is 16.7. The summed E-state index contributed by atoms with van der Waals surface area (Å²) in [5.74, 6) is 0.338. The highest BCUT2D eigenvalue weighted by molar-refractivity contribution is 4.89. The van der Waals surface area contributed by atoms with E-state index in [2.05, 4.69) is 0 Å². The zero-order chi connectivity index (χ0) is 11.6. The topological polar surface area (TPSA) is 79.2 Å². The van der Waals surface area contributed by atoms with Crippen LogP contribution in [-0.2, 0) is 9.47 Å². The van der Waals surface area contributed by atoms with E-state index in [4.69, 9.17) is 9.47 Å². The maximum Gasteiger partial charge on any atom is 0.186 e. The molecule has 3 N–H and O–H groups in total. The molecular weight excluding hydrogens is 200 g/mol. The lowest BCUT2D eigenvalue weighted by Gasteiger charge is -2.40. The molecule has 15 heavy (non-hydrogen) atoms. The molecule has 1 rings (SSSR count). The standard InChI is InChI=1S/C10H20O5/c1-5(2)4-6-7(11)8(12)9(13)10(14-3)15-6/h5-13H,4H2,1-3H3/t6?,7-,8-,9?,10+/m1/s1. The highest BCUT2D eigenvalue weighted by Crippen LogP contribution is 2.25. The van der Waals surface area contributed by atoms with Gasteiger partial charge in [0.15, 0.2) is 6.29 Å². The average Bonchev–Trinajstić information content (AvgIpc) is 2.18. The molecule has 0 aliphatic carbocycles. The second-order valence-corrected chi connectivity index (χ2v) is 4.38. The maximum atomic E-state index is 9.68. The van der Waals surface area contributed by atoms with Crippen molar-refractivity contribution in [2.45, 2.75) is 51.0 Å². The van der Waals surface area contributed by atoms with Gasteiger partial charge in [0.05, 0.1) is 6.10 Å². The molecule has 5 heteroatoms. The van der Waals surface area contributed by atoms with Crippen LogP contribution in [0.3, 0.4) is 0 Å². The van der Waals surface area contributed by atoms with Crippen molar-refractivity contribution < 1.29 is 24.8 Å². The van der Waals surface area contributed by atoms with Gasteiger partial charge in [-0.3, -0.25) is 0 Å². The van der Waals surface area contributed by atoms with Crippen molar-refractivity contribution in [3.8, 4) is 0 Å². The number of hydrogen-bond donors (Lipinski definition) is 3. The van der Waals surface area contributed by atoms with Crippen LogP contribution in [0.25, 0.3) is 0 Å². The average molecular weight is 220 g/mol. The van der Waals surface area contributed by atoms with Crippen LogP contribution >= 0.6 is 0 Å². The third-order valence-electron chi connectivity index (χ3n) is 2.60. The van der Waals surface area contributed by atoms with Crippen LogP contribution in [-0.4, -0.2) is 53.1 Å². The number of methoxy groups -OCH3 is 1. The monoisotopic (exact) mass is 220 g/mol. The Labute approximate surface area is 89.6 Å². The molecule has 1 fully saturated rings. The van der Waals surface area contributed by atoms with Gasteiger partial charge >= 0.3 is 0 Å². The van der Waals surface area contributed by atoms with Crippen LogP contribution in [0, 0.1) is 5.92 Å². The predicted octanol–water partition coefficient (Wildman–Crippen LogP) is -0.514. The van der Waals surface area contributed by atoms with Gasteiger partial charge in [0.1, 0.15) is 18.3 Å². The summed E-state index contributed by atoms with van der Waals surface area (Å²) < 4.78 is 10.2. The van der Waals surface area contributed by atoms with E-state index in [1.165, 1.54) is 7.11 Å². The number of rotatable bonds is 3. The molecule has 90 valence electrons. The van der Waals surface area contributed by atoms with Gasteiger partial charge in [0, 0.05) is 7.11 Å². The SMILES string of the molecule is CO[C@H]1OC(CC(C)C)[C@@H](O)[C@@H](O)C1O. The number of hydrogen-bond acceptors (Lipinski definition) is 5. The molecule has 1 saturated heterocycles. The Morgan fingerprint density at radius 2 is 1.73 bits per heavy atom. The van der Waals surface area contributed by atoms with Gasteiger partial charge in [0.2, 0.25) is 0 Å². The van der Waals surface area contributed by atoms with E-state index in [9.17, 15) is 15.3 Å². The summed E-state index contributed by atoms with van der Waals surface area (Å²) in [7, 11) is 1.39. The van der Waals surface area contributed by atoms with Gasteiger partial charge in [-0.2, -0.15) is 0 Å². The Morgan fingerprint density at radius 1 is 1.13 bits per heavy atom. The lowest BCUT2D eigenvalue weighted by atomic mass is 9.93. The molecule has 0 aromatic rings. The third-order valence-corrected chi connectivity index (χ3v) is 2.60. The van der Waals surface area contributed by atoms with Crippen molar-refractivity contribution >= 4 is 0 Å². The highest BCUT2D eigenvalue weighted by Gasteiger charge is 2.43. The molecule has 0 aromatic carbocycles. The lowest BCUT2D eigenvalue weighted by molar-refractivity contribution is -0.291. The Morgan fingerprint density at radius 3 is 2.20 bits per heavy atom. The van der Waals surface area contributed by atoms with Crippen molar-refractivity contribution in [2.24, 2.45) is 5.92 Å². The summed E-state index contributed by atoms with van der Waals surface area (Å²) in [6, 6.07) is 0. The molecule has 5 atom stereocenters. The van der Waals surface area contributed by atoms with Crippen LogP contribution < -0.4 is 0 Å². The second-order valence-electron chi connectivity index (χ2n) is 4.38. The minimum atomic E-state index is -1.22. The van der Waals surface area contributed by atoms with Gasteiger partial charge in [0.25, 0.3) is 0 Å². The predicted molar refractivity (Wildman–Crippen MR) is 53.1 cm³/mol. The van der Waals surface area contributed by atoms with E-state index in [-0.39, 0.29) is 0 Å². The summed E-state index contributed by atoms with van der Waals surface area (Å²) in [4.78, 5) is 0. The fraction of sp³-hybridized carbons (Fsp3) is 1.00. The van der Waals surface area contributed by atoms with Crippen LogP contribution in [0.4, 0.5) is 0 Å². The summed E-state index contributed by atoms with van der Waals surface area (Å²) in [6.07, 6.45) is -4.22. The Kier molecular flexibility index (Phi) is 4.48. The van der Waals surface area contributed by atoms with Crippen molar-refractivity contribution in [1.82, 2.24) is 0 Å². The Balaban J connectivity index is 2.65. The lowest BCUT2D eigenvalue weighted by Crippen LogP contribution is -2.58. The van der Waals surface area contributed by atoms with Gasteiger partial charge in [-0.05, 0) is 12.3 Å². The zero-order valence-corrected chi connectivity index (χ0v) is 9.33.